The Hall–Kier alpha value is 0.0899. The van der Waals surface area contributed by atoms with Crippen LogP contribution in [-0.4, -0.2) is 27.2 Å². The molecule has 0 aromatic heterocycles. The standard InChI is InChI=1S/C6H17B2N/c1-6(2,3)4-5-9(7)8/h4-5,7-8H2,1-3H3. The summed E-state index contributed by atoms with van der Waals surface area (Å²) < 4.78 is 2.23. The van der Waals surface area contributed by atoms with Crippen molar-refractivity contribution in [3.63, 3.8) is 0 Å². The molecule has 9 heavy (non-hydrogen) atoms. The molecule has 0 fully saturated rings. The van der Waals surface area contributed by atoms with E-state index >= 15 is 0 Å². The average Bonchev–Trinajstić information content (AvgIpc) is 1.59. The summed E-state index contributed by atoms with van der Waals surface area (Å²) in [7, 11) is 4.23. The summed E-state index contributed by atoms with van der Waals surface area (Å²) in [4.78, 5) is 0. The maximum atomic E-state index is 2.27. The van der Waals surface area contributed by atoms with Crippen molar-refractivity contribution in [1.29, 1.82) is 0 Å². The molecule has 1 nitrogen and oxygen atoms in total. The van der Waals surface area contributed by atoms with Crippen molar-refractivity contribution < 1.29 is 0 Å². The predicted octanol–water partition coefficient (Wildman–Crippen LogP) is -0.179. The monoisotopic (exact) mass is 125 g/mol. The largest absolute Gasteiger partial charge is 0.396 e. The van der Waals surface area contributed by atoms with E-state index < -0.39 is 0 Å². The molecule has 0 rings (SSSR count). The van der Waals surface area contributed by atoms with Crippen LogP contribution in [0, 0.1) is 5.41 Å². The number of rotatable bonds is 2. The van der Waals surface area contributed by atoms with Gasteiger partial charge >= 0.3 is 0 Å². The molecule has 0 atom stereocenters. The van der Waals surface area contributed by atoms with Gasteiger partial charge in [-0.2, -0.15) is 0 Å². The van der Waals surface area contributed by atoms with Gasteiger partial charge in [-0.25, -0.2) is 0 Å². The fourth-order valence-electron chi connectivity index (χ4n) is 0.559. The molecule has 0 aromatic carbocycles. The number of hydrogen-bond donors (Lipinski definition) is 0. The Kier molecular flexibility index (Phi) is 3.34. The Labute approximate surface area is 60.7 Å². The summed E-state index contributed by atoms with van der Waals surface area (Å²) in [5.74, 6) is 0. The van der Waals surface area contributed by atoms with E-state index in [9.17, 15) is 0 Å². The highest BCUT2D eigenvalue weighted by atomic mass is 14.9. The SMILES string of the molecule is BN(B)CCC(C)(C)C. The van der Waals surface area contributed by atoms with Crippen LogP contribution in [-0.2, 0) is 0 Å². The summed E-state index contributed by atoms with van der Waals surface area (Å²) in [5.41, 5.74) is 0.490. The maximum Gasteiger partial charge on any atom is 0.172 e. The Morgan fingerprint density at radius 2 is 1.67 bits per heavy atom. The molecule has 0 amide bonds. The van der Waals surface area contributed by atoms with E-state index in [-0.39, 0.29) is 0 Å². The quantitative estimate of drug-likeness (QED) is 0.462. The molecule has 0 aliphatic carbocycles. The summed E-state index contributed by atoms with van der Waals surface area (Å²) in [6, 6.07) is 0. The number of hydrogen-bond acceptors (Lipinski definition) is 1. The van der Waals surface area contributed by atoms with Crippen LogP contribution in [0.3, 0.4) is 0 Å². The van der Waals surface area contributed by atoms with Gasteiger partial charge in [0, 0.05) is 0 Å². The minimum atomic E-state index is 0.490. The Morgan fingerprint density at radius 3 is 1.78 bits per heavy atom. The molecule has 0 bridgehead atoms. The molecule has 0 heterocycles. The van der Waals surface area contributed by atoms with Crippen LogP contribution in [0.4, 0.5) is 0 Å². The second kappa shape index (κ2) is 3.31. The molecule has 0 aromatic rings. The molecule has 0 saturated heterocycles. The lowest BCUT2D eigenvalue weighted by atomic mass is 9.91. The molecule has 0 N–H and O–H groups in total. The molecule has 0 spiro atoms. The Morgan fingerprint density at radius 1 is 1.22 bits per heavy atom. The highest BCUT2D eigenvalue weighted by Gasteiger charge is 2.08. The topological polar surface area (TPSA) is 3.24 Å². The molecule has 0 aliphatic rings. The van der Waals surface area contributed by atoms with Gasteiger partial charge in [-0.15, -0.1) is 0 Å². The minimum Gasteiger partial charge on any atom is -0.396 e. The second-order valence-corrected chi connectivity index (χ2v) is 4.11. The van der Waals surface area contributed by atoms with Crippen molar-refractivity contribution in [3.8, 4) is 0 Å². The first-order chi connectivity index (χ1) is 3.92. The van der Waals surface area contributed by atoms with Crippen molar-refractivity contribution in [3.05, 3.63) is 0 Å². The number of nitrogens with zero attached hydrogens (tertiary/aromatic N) is 1. The third-order valence-electron chi connectivity index (χ3n) is 1.31. The highest BCUT2D eigenvalue weighted by Crippen LogP contribution is 2.17. The van der Waals surface area contributed by atoms with Crippen LogP contribution in [0.25, 0.3) is 0 Å². The van der Waals surface area contributed by atoms with Gasteiger partial charge in [0.05, 0.1) is 0 Å². The zero-order chi connectivity index (χ0) is 7.49. The van der Waals surface area contributed by atoms with Gasteiger partial charge in [0.2, 0.25) is 0 Å². The van der Waals surface area contributed by atoms with E-state index in [1.54, 1.807) is 0 Å². The molecule has 0 radical (unpaired) electrons. The van der Waals surface area contributed by atoms with Gasteiger partial charge in [0.1, 0.15) is 0 Å². The molecule has 0 saturated carbocycles. The molecule has 52 valence electrons. The van der Waals surface area contributed by atoms with Crippen LogP contribution in [0.5, 0.6) is 0 Å². The third-order valence-corrected chi connectivity index (χ3v) is 1.31. The van der Waals surface area contributed by atoms with Crippen molar-refractivity contribution in [2.24, 2.45) is 5.41 Å². The van der Waals surface area contributed by atoms with Crippen molar-refractivity contribution in [1.82, 2.24) is 4.72 Å². The van der Waals surface area contributed by atoms with E-state index in [0.29, 0.717) is 5.41 Å². The average molecular weight is 125 g/mol. The molecule has 0 unspecified atom stereocenters. The van der Waals surface area contributed by atoms with E-state index in [0.717, 1.165) is 0 Å². The normalized spacial score (nSPS) is 12.4. The first-order valence-corrected chi connectivity index (χ1v) is 3.56. The molecule has 0 aliphatic heterocycles. The minimum absolute atomic E-state index is 0.490. The van der Waals surface area contributed by atoms with Gasteiger partial charge < -0.3 is 4.72 Å². The lowest BCUT2D eigenvalue weighted by Gasteiger charge is -2.20. The van der Waals surface area contributed by atoms with Crippen molar-refractivity contribution >= 4 is 16.0 Å². The molecular formula is C6H17B2N. The van der Waals surface area contributed by atoms with Crippen LogP contribution in [0.1, 0.15) is 27.2 Å². The fraction of sp³-hybridized carbons (Fsp3) is 1.00. The smallest absolute Gasteiger partial charge is 0.172 e. The van der Waals surface area contributed by atoms with E-state index in [1.165, 1.54) is 13.0 Å². The zero-order valence-corrected chi connectivity index (χ0v) is 7.36. The lowest BCUT2D eigenvalue weighted by molar-refractivity contribution is 0.359. The summed E-state index contributed by atoms with van der Waals surface area (Å²) >= 11 is 0. The zero-order valence-electron chi connectivity index (χ0n) is 7.36. The van der Waals surface area contributed by atoms with E-state index in [4.69, 9.17) is 0 Å². The van der Waals surface area contributed by atoms with Crippen molar-refractivity contribution in [2.45, 2.75) is 27.2 Å². The first-order valence-electron chi connectivity index (χ1n) is 3.56. The highest BCUT2D eigenvalue weighted by molar-refractivity contribution is 6.24. The summed E-state index contributed by atoms with van der Waals surface area (Å²) in [6.45, 7) is 8.02. The molecular weight excluding hydrogens is 108 g/mol. The van der Waals surface area contributed by atoms with Crippen LogP contribution in [0.15, 0.2) is 0 Å². The van der Waals surface area contributed by atoms with Crippen molar-refractivity contribution in [2.75, 3.05) is 6.54 Å². The van der Waals surface area contributed by atoms with Crippen LogP contribution >= 0.6 is 0 Å². The van der Waals surface area contributed by atoms with Gasteiger partial charge in [-0.05, 0) is 18.4 Å². The summed E-state index contributed by atoms with van der Waals surface area (Å²) in [6.07, 6.45) is 1.28. The molecule has 3 heteroatoms. The van der Waals surface area contributed by atoms with E-state index in [2.05, 4.69) is 41.5 Å². The Bertz CT molecular complexity index is 75.6. The third kappa shape index (κ3) is 8.09. The fourth-order valence-corrected chi connectivity index (χ4v) is 0.559. The van der Waals surface area contributed by atoms with E-state index in [1.807, 2.05) is 0 Å². The van der Waals surface area contributed by atoms with Crippen LogP contribution < -0.4 is 0 Å². The Balaban J connectivity index is 3.28. The van der Waals surface area contributed by atoms with Gasteiger partial charge in [-0.3, -0.25) is 0 Å². The van der Waals surface area contributed by atoms with Gasteiger partial charge in [-0.1, -0.05) is 20.8 Å². The predicted molar refractivity (Wildman–Crippen MR) is 47.9 cm³/mol. The first kappa shape index (κ1) is 9.09. The maximum absolute atomic E-state index is 2.27. The second-order valence-electron chi connectivity index (χ2n) is 4.11. The lowest BCUT2D eigenvalue weighted by Crippen LogP contribution is -2.21. The van der Waals surface area contributed by atoms with Gasteiger partial charge in [0.25, 0.3) is 0 Å². The summed E-state index contributed by atoms with van der Waals surface area (Å²) in [5, 5.41) is 0. The van der Waals surface area contributed by atoms with Crippen LogP contribution in [0.2, 0.25) is 0 Å². The van der Waals surface area contributed by atoms with Gasteiger partial charge in [0.15, 0.2) is 16.0 Å².